The summed E-state index contributed by atoms with van der Waals surface area (Å²) in [6, 6.07) is 5.75. The largest absolute Gasteiger partial charge is 0.493 e. The fourth-order valence-electron chi connectivity index (χ4n) is 5.17. The van der Waals surface area contributed by atoms with Crippen molar-refractivity contribution in [2.45, 2.75) is 44.4 Å². The predicted octanol–water partition coefficient (Wildman–Crippen LogP) is 3.79. The van der Waals surface area contributed by atoms with Crippen molar-refractivity contribution in [1.82, 2.24) is 14.4 Å². The van der Waals surface area contributed by atoms with Gasteiger partial charge < -0.3 is 19.3 Å². The highest BCUT2D eigenvalue weighted by molar-refractivity contribution is 5.94. The molecule has 0 aliphatic carbocycles. The molecular weight excluding hydrogens is 454 g/mol. The second-order valence-electron chi connectivity index (χ2n) is 9.03. The molecule has 0 bridgehead atoms. The van der Waals surface area contributed by atoms with Crippen molar-refractivity contribution in [3.63, 3.8) is 0 Å². The number of hydrogen-bond acceptors (Lipinski definition) is 4. The minimum absolute atomic E-state index is 0.0351. The van der Waals surface area contributed by atoms with Crippen LogP contribution in [0.5, 0.6) is 5.75 Å². The first kappa shape index (κ1) is 24.5. The summed E-state index contributed by atoms with van der Waals surface area (Å²) in [6.45, 7) is 3.30. The van der Waals surface area contributed by atoms with Gasteiger partial charge in [-0.2, -0.15) is 13.2 Å². The van der Waals surface area contributed by atoms with Gasteiger partial charge in [-0.1, -0.05) is 0 Å². The van der Waals surface area contributed by atoms with Crippen LogP contribution in [0.1, 0.15) is 46.6 Å². The Kier molecular flexibility index (Phi) is 6.65. The van der Waals surface area contributed by atoms with E-state index >= 15 is 0 Å². The van der Waals surface area contributed by atoms with Crippen LogP contribution >= 0.6 is 0 Å². The highest BCUT2D eigenvalue weighted by atomic mass is 19.4. The number of piperidine rings is 1. The number of halogens is 4. The van der Waals surface area contributed by atoms with Crippen molar-refractivity contribution in [1.29, 1.82) is 0 Å². The average Bonchev–Trinajstić information content (AvgIpc) is 3.15. The summed E-state index contributed by atoms with van der Waals surface area (Å²) in [5.74, 6) is -0.376. The van der Waals surface area contributed by atoms with E-state index in [1.807, 2.05) is 11.8 Å². The Hall–Kier alpha value is -2.59. The molecule has 186 valence electrons. The van der Waals surface area contributed by atoms with E-state index < -0.39 is 23.2 Å². The van der Waals surface area contributed by atoms with E-state index in [4.69, 9.17) is 9.84 Å². The highest BCUT2D eigenvalue weighted by Crippen LogP contribution is 2.45. The number of aromatic nitrogens is 1. The van der Waals surface area contributed by atoms with Crippen molar-refractivity contribution >= 4 is 5.91 Å². The third-order valence-electron chi connectivity index (χ3n) is 7.03. The molecule has 3 heterocycles. The Morgan fingerprint density at radius 2 is 1.85 bits per heavy atom. The van der Waals surface area contributed by atoms with Crippen LogP contribution in [0.15, 0.2) is 24.3 Å². The maximum Gasteiger partial charge on any atom is 0.431 e. The average molecular weight is 484 g/mol. The van der Waals surface area contributed by atoms with Crippen LogP contribution in [-0.4, -0.2) is 65.3 Å². The van der Waals surface area contributed by atoms with Crippen molar-refractivity contribution in [2.24, 2.45) is 0 Å². The molecule has 0 saturated carbocycles. The van der Waals surface area contributed by atoms with Gasteiger partial charge in [-0.25, -0.2) is 4.39 Å². The van der Waals surface area contributed by atoms with E-state index in [-0.39, 0.29) is 24.8 Å². The molecule has 6 nitrogen and oxygen atoms in total. The first-order chi connectivity index (χ1) is 16.1. The molecule has 1 fully saturated rings. The number of benzene rings is 1. The Balaban J connectivity index is 1.52. The molecule has 2 aliphatic rings. The third-order valence-corrected chi connectivity index (χ3v) is 7.03. The van der Waals surface area contributed by atoms with Crippen molar-refractivity contribution < 1.29 is 32.2 Å². The monoisotopic (exact) mass is 483 g/mol. The predicted molar refractivity (Wildman–Crippen MR) is 117 cm³/mol. The SMILES string of the molecule is Cc1cc(C(=O)N2CCC3(CC2)c2c(F)cc(C(F)(F)F)n2CCN3C)ccc1OCCCO. The number of ether oxygens (including phenoxy) is 1. The number of aliphatic hydroxyl groups excluding tert-OH is 1. The topological polar surface area (TPSA) is 57.9 Å². The maximum absolute atomic E-state index is 14.9. The zero-order valence-corrected chi connectivity index (χ0v) is 19.3. The lowest BCUT2D eigenvalue weighted by atomic mass is 9.81. The second kappa shape index (κ2) is 9.22. The maximum atomic E-state index is 14.9. The van der Waals surface area contributed by atoms with Gasteiger partial charge in [-0.15, -0.1) is 0 Å². The number of fused-ring (bicyclic) bond motifs is 2. The number of aryl methyl sites for hydroxylation is 1. The van der Waals surface area contributed by atoms with Crippen LogP contribution < -0.4 is 4.74 Å². The third kappa shape index (κ3) is 4.29. The van der Waals surface area contributed by atoms with Gasteiger partial charge >= 0.3 is 6.18 Å². The summed E-state index contributed by atoms with van der Waals surface area (Å²) in [4.78, 5) is 16.7. The minimum Gasteiger partial charge on any atom is -0.493 e. The smallest absolute Gasteiger partial charge is 0.431 e. The number of hydrogen-bond donors (Lipinski definition) is 1. The zero-order chi connectivity index (χ0) is 24.7. The molecule has 2 aromatic rings. The van der Waals surface area contributed by atoms with E-state index in [2.05, 4.69) is 0 Å². The molecule has 1 aromatic heterocycles. The molecule has 1 amide bonds. The lowest BCUT2D eigenvalue weighted by molar-refractivity contribution is -0.144. The van der Waals surface area contributed by atoms with Crippen molar-refractivity contribution in [2.75, 3.05) is 39.9 Å². The van der Waals surface area contributed by atoms with E-state index in [1.165, 1.54) is 0 Å². The van der Waals surface area contributed by atoms with Gasteiger partial charge in [0.05, 0.1) is 17.8 Å². The van der Waals surface area contributed by atoms with E-state index in [9.17, 15) is 22.4 Å². The normalized spacial score (nSPS) is 18.3. The molecule has 1 spiro atoms. The quantitative estimate of drug-likeness (QED) is 0.520. The van der Waals surface area contributed by atoms with Crippen LogP contribution in [0.3, 0.4) is 0 Å². The highest BCUT2D eigenvalue weighted by Gasteiger charge is 2.49. The molecule has 34 heavy (non-hydrogen) atoms. The van der Waals surface area contributed by atoms with Crippen molar-refractivity contribution in [3.8, 4) is 5.75 Å². The molecule has 0 unspecified atom stereocenters. The Labute approximate surface area is 195 Å². The molecule has 4 rings (SSSR count). The van der Waals surface area contributed by atoms with Gasteiger partial charge in [0.1, 0.15) is 17.3 Å². The lowest BCUT2D eigenvalue weighted by Gasteiger charge is -2.50. The van der Waals surface area contributed by atoms with Gasteiger partial charge in [-0.3, -0.25) is 9.69 Å². The number of nitrogens with zero attached hydrogens (tertiary/aromatic N) is 3. The Morgan fingerprint density at radius 1 is 1.15 bits per heavy atom. The van der Waals surface area contributed by atoms with Crippen LogP contribution in [0.4, 0.5) is 17.6 Å². The van der Waals surface area contributed by atoms with Gasteiger partial charge in [0.2, 0.25) is 0 Å². The van der Waals surface area contributed by atoms with E-state index in [0.717, 1.165) is 10.1 Å². The standard InChI is InChI=1S/C24H29F4N3O3/c1-16-14-17(4-5-19(16)34-13-3-12-32)22(33)30-8-6-23(7-9-30)21-18(25)15-20(24(26,27)28)31(21)11-10-29(23)2/h4-5,14-15,32H,3,6-13H2,1-2H3. The number of amides is 1. The van der Waals surface area contributed by atoms with Gasteiger partial charge in [0.15, 0.2) is 0 Å². The fraction of sp³-hybridized carbons (Fsp3) is 0.542. The summed E-state index contributed by atoms with van der Waals surface area (Å²) in [7, 11) is 1.81. The van der Waals surface area contributed by atoms with Crippen LogP contribution in [0.25, 0.3) is 0 Å². The number of aliphatic hydroxyl groups is 1. The Morgan fingerprint density at radius 3 is 2.47 bits per heavy atom. The number of carbonyl (C=O) groups is 1. The molecule has 2 aliphatic heterocycles. The molecular formula is C24H29F4N3O3. The van der Waals surface area contributed by atoms with Gasteiger partial charge in [0, 0.05) is 50.8 Å². The summed E-state index contributed by atoms with van der Waals surface area (Å²) in [5.41, 5.74) is -0.482. The fourth-order valence-corrected chi connectivity index (χ4v) is 5.17. The summed E-state index contributed by atoms with van der Waals surface area (Å²) in [6.07, 6.45) is -3.43. The lowest BCUT2D eigenvalue weighted by Crippen LogP contribution is -2.57. The van der Waals surface area contributed by atoms with Crippen molar-refractivity contribution in [3.05, 3.63) is 52.6 Å². The molecule has 1 aromatic carbocycles. The van der Waals surface area contributed by atoms with Crippen LogP contribution in [0, 0.1) is 12.7 Å². The summed E-state index contributed by atoms with van der Waals surface area (Å²) in [5, 5.41) is 8.88. The summed E-state index contributed by atoms with van der Waals surface area (Å²) >= 11 is 0. The number of rotatable bonds is 5. The van der Waals surface area contributed by atoms with Crippen LogP contribution in [0.2, 0.25) is 0 Å². The zero-order valence-electron chi connectivity index (χ0n) is 19.3. The van der Waals surface area contributed by atoms with E-state index in [0.29, 0.717) is 62.9 Å². The second-order valence-corrected chi connectivity index (χ2v) is 9.03. The number of alkyl halides is 3. The molecule has 1 saturated heterocycles. The molecule has 10 heteroatoms. The van der Waals surface area contributed by atoms with Gasteiger partial charge in [-0.05, 0) is 50.6 Å². The Bertz CT molecular complexity index is 1060. The number of carbonyl (C=O) groups excluding carboxylic acids is 1. The molecule has 1 N–H and O–H groups in total. The summed E-state index contributed by atoms with van der Waals surface area (Å²) < 4.78 is 62.0. The first-order valence-corrected chi connectivity index (χ1v) is 11.4. The number of likely N-dealkylation sites (N-methyl/N-ethyl adjacent to an activating group) is 1. The van der Waals surface area contributed by atoms with Gasteiger partial charge in [0.25, 0.3) is 5.91 Å². The molecule has 0 atom stereocenters. The minimum atomic E-state index is -4.63. The van der Waals surface area contributed by atoms with Crippen LogP contribution in [-0.2, 0) is 18.3 Å². The number of likely N-dealkylation sites (tertiary alicyclic amines) is 1. The molecule has 0 radical (unpaired) electrons. The first-order valence-electron chi connectivity index (χ1n) is 11.4. The van der Waals surface area contributed by atoms with E-state index in [1.54, 1.807) is 30.1 Å².